The van der Waals surface area contributed by atoms with E-state index < -0.39 is 0 Å². The van der Waals surface area contributed by atoms with Crippen LogP contribution in [0.25, 0.3) is 0 Å². The number of halogens is 1. The molecule has 0 aliphatic heterocycles. The molecule has 0 fully saturated rings. The summed E-state index contributed by atoms with van der Waals surface area (Å²) in [6, 6.07) is 0. The van der Waals surface area contributed by atoms with Crippen LogP contribution in [-0.4, -0.2) is 32.9 Å². The van der Waals surface area contributed by atoms with Gasteiger partial charge in [-0.15, -0.1) is 0 Å². The molecule has 0 amide bonds. The first-order valence-corrected chi connectivity index (χ1v) is 3.89. The first kappa shape index (κ1) is 98.3. The Kier molecular flexibility index (Phi) is 2090. The van der Waals surface area contributed by atoms with Gasteiger partial charge in [0.25, 0.3) is 0 Å². The molecule has 0 spiro atoms. The number of hydrogen-bond donors (Lipinski definition) is 0. The van der Waals surface area contributed by atoms with Crippen LogP contribution < -0.4 is 0 Å². The number of hydrogen-bond acceptors (Lipinski definition) is 0. The van der Waals surface area contributed by atoms with Crippen molar-refractivity contribution in [1.82, 2.24) is 0 Å². The van der Waals surface area contributed by atoms with Crippen LogP contribution in [0.15, 0.2) is 0 Å². The van der Waals surface area contributed by atoms with Gasteiger partial charge in [-0.05, 0) is 0 Å². The summed E-state index contributed by atoms with van der Waals surface area (Å²) in [5, 5.41) is 0. The monoisotopic (exact) mass is 361 g/mol. The van der Waals surface area contributed by atoms with Crippen molar-refractivity contribution in [2.75, 3.05) is 0 Å². The average molecular weight is 361 g/mol. The molecule has 69 valence electrons. The van der Waals surface area contributed by atoms with E-state index >= 15 is 0 Å². The van der Waals surface area contributed by atoms with Crippen LogP contribution in [0.4, 0.5) is 0 Å². The third kappa shape index (κ3) is 115. The second-order valence-corrected chi connectivity index (χ2v) is 0. The van der Waals surface area contributed by atoms with E-state index in [4.69, 9.17) is 0 Å². The molecule has 0 aliphatic carbocycles. The van der Waals surface area contributed by atoms with E-state index in [1.54, 1.807) is 0 Å². The Morgan fingerprint density at radius 3 is 0.500 bits per heavy atom. The maximum absolute atomic E-state index is 2.80. The van der Waals surface area contributed by atoms with Gasteiger partial charge in [0.1, 0.15) is 0 Å². The Morgan fingerprint density at radius 1 is 0.500 bits per heavy atom. The van der Waals surface area contributed by atoms with Crippen molar-refractivity contribution < 1.29 is 74.2 Å². The molecule has 0 heterocycles. The molecule has 8 heteroatoms. The topological polar surface area (TPSA) is 189 Å². The fourth-order valence-electron chi connectivity index (χ4n) is 0. The van der Waals surface area contributed by atoms with Crippen LogP contribution in [-0.2, 0) is 0 Å². The predicted octanol–water partition coefficient (Wildman–Crippen LogP) is -4.10. The van der Waals surface area contributed by atoms with E-state index in [-0.39, 0.29) is 32.9 Å². The van der Waals surface area contributed by atoms with Crippen molar-refractivity contribution in [3.8, 4) is 0 Å². The first-order chi connectivity index (χ1) is 1.00. The number of rotatable bonds is 0. The van der Waals surface area contributed by atoms with Gasteiger partial charge < -0.3 is 32.9 Å². The molecule has 0 saturated carbocycles. The Balaban J connectivity index is -0.000000000333. The van der Waals surface area contributed by atoms with Gasteiger partial charge in [-0.25, -0.2) is 0 Å². The van der Waals surface area contributed by atoms with Crippen molar-refractivity contribution in [1.29, 1.82) is 0 Å². The van der Waals surface area contributed by atoms with E-state index in [2.05, 4.69) is 48.9 Å². The molecule has 12 N–H and O–H groups in total. The minimum absolute atomic E-state index is 0. The van der Waals surface area contributed by atoms with Crippen LogP contribution in [0.3, 0.4) is 0 Å². The fraction of sp³-hybridized carbons (Fsp3) is 0. The van der Waals surface area contributed by atoms with Gasteiger partial charge in [-0.3, -0.25) is 0 Å². The standard InChI is InChI=1S/BrH.6H2O.Yb/h1H;6*1H2;/q;;;;;;;+1/p-1. The zero-order chi connectivity index (χ0) is 2.00. The van der Waals surface area contributed by atoms with Crippen molar-refractivity contribution in [2.24, 2.45) is 0 Å². The van der Waals surface area contributed by atoms with Gasteiger partial charge in [0, 0.05) is 0 Å². The zero-order valence-corrected chi connectivity index (χ0v) is 6.95. The molecule has 0 atom stereocenters. The van der Waals surface area contributed by atoms with Crippen LogP contribution in [0.1, 0.15) is 0 Å². The van der Waals surface area contributed by atoms with Crippen LogP contribution >= 0.6 is 7.62 Å². The third-order valence-corrected chi connectivity index (χ3v) is 0. The molecule has 8 heavy (non-hydrogen) atoms. The molecule has 0 aromatic rings. The molecule has 0 radical (unpaired) electrons. The second-order valence-electron chi connectivity index (χ2n) is 0. The van der Waals surface area contributed by atoms with Crippen molar-refractivity contribution in [3.63, 3.8) is 0 Å². The Labute approximate surface area is 80.5 Å². The summed E-state index contributed by atoms with van der Waals surface area (Å²) in [6.45, 7) is 0. The normalized spacial score (nSPS) is 0.875. The quantitative estimate of drug-likeness (QED) is 0.406. The Bertz CT molecular complexity index is 8.49. The molecule has 0 aromatic carbocycles. The van der Waals surface area contributed by atoms with Crippen LogP contribution in [0, 0.1) is 41.3 Å². The second kappa shape index (κ2) is 170. The fourth-order valence-corrected chi connectivity index (χ4v) is 0. The molecule has 0 saturated heterocycles. The first-order valence-electron chi connectivity index (χ1n) is 0.101. The molecule has 0 rings (SSSR count). The van der Waals surface area contributed by atoms with E-state index in [1.807, 2.05) is 0 Å². The molecule has 0 unspecified atom stereocenters. The summed E-state index contributed by atoms with van der Waals surface area (Å²) in [6.07, 6.45) is 0. The summed E-state index contributed by atoms with van der Waals surface area (Å²) < 4.78 is 0. The van der Waals surface area contributed by atoms with Crippen molar-refractivity contribution >= 4 is 7.62 Å². The summed E-state index contributed by atoms with van der Waals surface area (Å²) in [4.78, 5) is 0. The van der Waals surface area contributed by atoms with Gasteiger partial charge in [-0.2, -0.15) is 0 Å². The van der Waals surface area contributed by atoms with Gasteiger partial charge in [0.2, 0.25) is 0 Å². The maximum atomic E-state index is 2.80. The summed E-state index contributed by atoms with van der Waals surface area (Å²) in [5.41, 5.74) is 0. The summed E-state index contributed by atoms with van der Waals surface area (Å²) in [5.74, 6) is 0. The Hall–Kier alpha value is 1.76. The molecule has 0 bridgehead atoms. The van der Waals surface area contributed by atoms with Gasteiger partial charge in [0.15, 0.2) is 0 Å². The predicted molar refractivity (Wildman–Crippen MR) is 30.6 cm³/mol. The molecule has 6 nitrogen and oxygen atoms in total. The van der Waals surface area contributed by atoms with Gasteiger partial charge in [-0.1, -0.05) is 0 Å². The van der Waals surface area contributed by atoms with Crippen molar-refractivity contribution in [2.45, 2.75) is 0 Å². The zero-order valence-electron chi connectivity index (χ0n) is 3.65. The summed E-state index contributed by atoms with van der Waals surface area (Å²) in [7, 11) is 2.80. The summed E-state index contributed by atoms with van der Waals surface area (Å²) >= 11 is 2.51. The molecular weight excluding hydrogens is 349 g/mol. The third-order valence-electron chi connectivity index (χ3n) is 0. The molecule has 0 aromatic heterocycles. The Morgan fingerprint density at radius 2 is 0.500 bits per heavy atom. The van der Waals surface area contributed by atoms with Gasteiger partial charge in [0.05, 0.1) is 0 Å². The minimum atomic E-state index is 0. The van der Waals surface area contributed by atoms with Crippen LogP contribution in [0.5, 0.6) is 0 Å². The van der Waals surface area contributed by atoms with Crippen molar-refractivity contribution in [3.05, 3.63) is 0 Å². The van der Waals surface area contributed by atoms with E-state index in [0.717, 1.165) is 0 Å². The van der Waals surface area contributed by atoms with E-state index in [1.165, 1.54) is 0 Å². The average Bonchev–Trinajstić information content (AvgIpc) is 1.00. The van der Waals surface area contributed by atoms with Crippen LogP contribution in [0.2, 0.25) is 0 Å². The van der Waals surface area contributed by atoms with E-state index in [9.17, 15) is 0 Å². The van der Waals surface area contributed by atoms with Gasteiger partial charge >= 0.3 is 48.9 Å². The molecular formula is H12BrO6Yb. The molecule has 0 aliphatic rings. The van der Waals surface area contributed by atoms with E-state index in [0.29, 0.717) is 0 Å². The SMILES string of the molecule is O.O.O.O.O.O.[Br][Yb].